The summed E-state index contributed by atoms with van der Waals surface area (Å²) >= 11 is 0. The molecule has 1 amide bonds. The number of benzene rings is 1. The van der Waals surface area contributed by atoms with Crippen molar-refractivity contribution in [2.24, 2.45) is 0 Å². The topological polar surface area (TPSA) is 66.8 Å². The number of halogens is 1. The second-order valence-electron chi connectivity index (χ2n) is 4.68. The van der Waals surface area contributed by atoms with E-state index in [1.807, 2.05) is 0 Å². The molecule has 0 aromatic heterocycles. The Morgan fingerprint density at radius 2 is 2.10 bits per heavy atom. The van der Waals surface area contributed by atoms with E-state index in [1.54, 1.807) is 19.9 Å². The smallest absolute Gasteiger partial charge is 0.323 e. The van der Waals surface area contributed by atoms with E-state index in [4.69, 9.17) is 9.84 Å². The molecule has 0 aliphatic rings. The highest BCUT2D eigenvalue weighted by atomic mass is 19.1. The number of carboxylic acid groups (broad SMARTS) is 1. The number of amides is 1. The highest BCUT2D eigenvalue weighted by molar-refractivity contribution is 5.93. The molecule has 1 aromatic rings. The number of carboxylic acids is 1. The Kier molecular flexibility index (Phi) is 5.90. The molecule has 1 aromatic carbocycles. The fourth-order valence-corrected chi connectivity index (χ4v) is 1.71. The summed E-state index contributed by atoms with van der Waals surface area (Å²) in [5.74, 6) is -1.93. The van der Waals surface area contributed by atoms with Crippen LogP contribution in [0.1, 0.15) is 19.4 Å². The molecule has 0 saturated carbocycles. The number of carbonyl (C=O) groups excluding carboxylic acids is 1. The molecule has 0 saturated heterocycles. The second kappa shape index (κ2) is 7.42. The maximum Gasteiger partial charge on any atom is 0.323 e. The van der Waals surface area contributed by atoms with Crippen LogP contribution in [-0.2, 0) is 9.59 Å². The predicted molar refractivity (Wildman–Crippen MR) is 76.5 cm³/mol. The number of nitrogens with zero attached hydrogens (tertiary/aromatic N) is 1. The van der Waals surface area contributed by atoms with Crippen LogP contribution in [0.25, 0.3) is 6.08 Å². The first-order chi connectivity index (χ1) is 9.85. The predicted octanol–water partition coefficient (Wildman–Crippen LogP) is 2.17. The molecule has 0 aliphatic carbocycles. The molecule has 1 rings (SSSR count). The van der Waals surface area contributed by atoms with Crippen LogP contribution >= 0.6 is 0 Å². The Morgan fingerprint density at radius 3 is 2.57 bits per heavy atom. The highest BCUT2D eigenvalue weighted by Crippen LogP contribution is 2.18. The van der Waals surface area contributed by atoms with E-state index in [0.29, 0.717) is 5.56 Å². The molecule has 0 radical (unpaired) electrons. The fourth-order valence-electron chi connectivity index (χ4n) is 1.71. The van der Waals surface area contributed by atoms with Crippen LogP contribution in [0.4, 0.5) is 4.39 Å². The summed E-state index contributed by atoms with van der Waals surface area (Å²) in [6.07, 6.45) is 2.66. The molecule has 0 aliphatic heterocycles. The van der Waals surface area contributed by atoms with Crippen LogP contribution in [0, 0.1) is 5.82 Å². The zero-order valence-corrected chi connectivity index (χ0v) is 12.2. The lowest BCUT2D eigenvalue weighted by molar-refractivity contribution is -0.143. The van der Waals surface area contributed by atoms with E-state index >= 15 is 0 Å². The Labute approximate surface area is 122 Å². The number of hydrogen-bond acceptors (Lipinski definition) is 3. The van der Waals surface area contributed by atoms with Gasteiger partial charge >= 0.3 is 5.97 Å². The van der Waals surface area contributed by atoms with Crippen LogP contribution in [0.5, 0.6) is 5.75 Å². The number of hydrogen-bond donors (Lipinski definition) is 1. The molecule has 0 heterocycles. The monoisotopic (exact) mass is 295 g/mol. The average molecular weight is 295 g/mol. The summed E-state index contributed by atoms with van der Waals surface area (Å²) < 4.78 is 18.3. The molecule has 21 heavy (non-hydrogen) atoms. The van der Waals surface area contributed by atoms with Gasteiger partial charge in [0, 0.05) is 12.1 Å². The van der Waals surface area contributed by atoms with Gasteiger partial charge in [0.1, 0.15) is 6.54 Å². The van der Waals surface area contributed by atoms with E-state index in [2.05, 4.69) is 0 Å². The van der Waals surface area contributed by atoms with Crippen molar-refractivity contribution >= 4 is 18.0 Å². The van der Waals surface area contributed by atoms with Gasteiger partial charge < -0.3 is 14.7 Å². The maximum atomic E-state index is 13.5. The second-order valence-corrected chi connectivity index (χ2v) is 4.68. The average Bonchev–Trinajstić information content (AvgIpc) is 2.41. The first-order valence-corrected chi connectivity index (χ1v) is 6.39. The van der Waals surface area contributed by atoms with Crippen LogP contribution in [0.3, 0.4) is 0 Å². The summed E-state index contributed by atoms with van der Waals surface area (Å²) in [6.45, 7) is 3.07. The molecular weight excluding hydrogens is 277 g/mol. The van der Waals surface area contributed by atoms with Gasteiger partial charge in [-0.1, -0.05) is 6.07 Å². The van der Waals surface area contributed by atoms with Gasteiger partial charge in [-0.2, -0.15) is 0 Å². The molecule has 6 heteroatoms. The first kappa shape index (κ1) is 16.7. The van der Waals surface area contributed by atoms with Crippen LogP contribution in [-0.4, -0.2) is 41.6 Å². The summed E-state index contributed by atoms with van der Waals surface area (Å²) in [5.41, 5.74) is 0.487. The summed E-state index contributed by atoms with van der Waals surface area (Å²) in [7, 11) is 1.36. The molecule has 0 bridgehead atoms. The van der Waals surface area contributed by atoms with E-state index in [1.165, 1.54) is 36.3 Å². The van der Waals surface area contributed by atoms with E-state index in [-0.39, 0.29) is 18.3 Å². The lowest BCUT2D eigenvalue weighted by atomic mass is 10.2. The summed E-state index contributed by atoms with van der Waals surface area (Å²) in [6, 6.07) is 4.05. The summed E-state index contributed by atoms with van der Waals surface area (Å²) in [5, 5.41) is 8.78. The first-order valence-electron chi connectivity index (χ1n) is 6.39. The lowest BCUT2D eigenvalue weighted by Gasteiger charge is -2.23. The Bertz CT molecular complexity index is 555. The molecule has 114 valence electrons. The Balaban J connectivity index is 2.85. The van der Waals surface area contributed by atoms with Crippen LogP contribution in [0.2, 0.25) is 0 Å². The van der Waals surface area contributed by atoms with Gasteiger partial charge in [-0.05, 0) is 37.6 Å². The van der Waals surface area contributed by atoms with Gasteiger partial charge in [0.25, 0.3) is 0 Å². The van der Waals surface area contributed by atoms with Crippen molar-refractivity contribution in [3.8, 4) is 5.75 Å². The molecular formula is C15H18FNO4. The van der Waals surface area contributed by atoms with Gasteiger partial charge in [-0.15, -0.1) is 0 Å². The molecule has 0 unspecified atom stereocenters. The van der Waals surface area contributed by atoms with Crippen LogP contribution in [0.15, 0.2) is 24.3 Å². The van der Waals surface area contributed by atoms with Crippen LogP contribution < -0.4 is 4.74 Å². The van der Waals surface area contributed by atoms with Gasteiger partial charge in [0.2, 0.25) is 5.91 Å². The third-order valence-electron chi connectivity index (χ3n) is 2.81. The zero-order valence-electron chi connectivity index (χ0n) is 12.2. The van der Waals surface area contributed by atoms with E-state index < -0.39 is 17.7 Å². The standard InChI is InChI=1S/C15H18FNO4/c1-10(2)17(9-15(19)20)14(18)7-5-11-4-6-13(21-3)12(16)8-11/h4-8,10H,9H2,1-3H3,(H,19,20). The fraction of sp³-hybridized carbons (Fsp3) is 0.333. The van der Waals surface area contributed by atoms with Gasteiger partial charge in [0.05, 0.1) is 7.11 Å². The largest absolute Gasteiger partial charge is 0.494 e. The SMILES string of the molecule is COc1ccc(C=CC(=O)N(CC(=O)O)C(C)C)cc1F. The van der Waals surface area contributed by atoms with Gasteiger partial charge in [-0.25, -0.2) is 4.39 Å². The number of ether oxygens (including phenoxy) is 1. The highest BCUT2D eigenvalue weighted by Gasteiger charge is 2.17. The minimum Gasteiger partial charge on any atom is -0.494 e. The van der Waals surface area contributed by atoms with Crippen molar-refractivity contribution in [2.45, 2.75) is 19.9 Å². The van der Waals surface area contributed by atoms with Crippen molar-refractivity contribution in [1.82, 2.24) is 4.90 Å². The number of aliphatic carboxylic acids is 1. The van der Waals surface area contributed by atoms with Crippen molar-refractivity contribution in [3.63, 3.8) is 0 Å². The van der Waals surface area contributed by atoms with Crippen molar-refractivity contribution in [1.29, 1.82) is 0 Å². The minimum absolute atomic E-state index is 0.119. The molecule has 0 fully saturated rings. The minimum atomic E-state index is -1.08. The third kappa shape index (κ3) is 4.91. The van der Waals surface area contributed by atoms with Gasteiger partial charge in [-0.3, -0.25) is 9.59 Å². The lowest BCUT2D eigenvalue weighted by Crippen LogP contribution is -2.39. The van der Waals surface area contributed by atoms with Crippen molar-refractivity contribution in [2.75, 3.05) is 13.7 Å². The van der Waals surface area contributed by atoms with E-state index in [0.717, 1.165) is 0 Å². The zero-order chi connectivity index (χ0) is 16.0. The molecule has 0 spiro atoms. The Hall–Kier alpha value is -2.37. The summed E-state index contributed by atoms with van der Waals surface area (Å²) in [4.78, 5) is 23.9. The normalized spacial score (nSPS) is 10.9. The molecule has 1 N–H and O–H groups in total. The Morgan fingerprint density at radius 1 is 1.43 bits per heavy atom. The van der Waals surface area contributed by atoms with Crippen molar-refractivity contribution in [3.05, 3.63) is 35.7 Å². The quantitative estimate of drug-likeness (QED) is 0.817. The van der Waals surface area contributed by atoms with E-state index in [9.17, 15) is 14.0 Å². The molecule has 5 nitrogen and oxygen atoms in total. The number of carbonyl (C=O) groups is 2. The molecule has 0 atom stereocenters. The van der Waals surface area contributed by atoms with Crippen molar-refractivity contribution < 1.29 is 23.8 Å². The number of rotatable bonds is 6. The number of methoxy groups -OCH3 is 1. The third-order valence-corrected chi connectivity index (χ3v) is 2.81. The maximum absolute atomic E-state index is 13.5. The van der Waals surface area contributed by atoms with Gasteiger partial charge in [0.15, 0.2) is 11.6 Å².